The summed E-state index contributed by atoms with van der Waals surface area (Å²) in [6.45, 7) is 0.0541. The Morgan fingerprint density at radius 3 is 2.42 bits per heavy atom. The van der Waals surface area contributed by atoms with Crippen LogP contribution in [0.25, 0.3) is 0 Å². The summed E-state index contributed by atoms with van der Waals surface area (Å²) in [5, 5.41) is 8.60. The molecule has 0 aromatic heterocycles. The molecule has 0 fully saturated rings. The molecule has 0 aliphatic carbocycles. The first-order valence-electron chi connectivity index (χ1n) is 3.86. The van der Waals surface area contributed by atoms with E-state index in [4.69, 9.17) is 10.8 Å². The van der Waals surface area contributed by atoms with Crippen LogP contribution >= 0.6 is 0 Å². The zero-order valence-corrected chi connectivity index (χ0v) is 6.70. The highest BCUT2D eigenvalue weighted by atomic mass is 19.1. The van der Waals surface area contributed by atoms with Crippen LogP contribution in [0.3, 0.4) is 0 Å². The van der Waals surface area contributed by atoms with Gasteiger partial charge in [-0.15, -0.1) is 0 Å². The predicted molar refractivity (Wildman–Crippen MR) is 45.0 cm³/mol. The highest BCUT2D eigenvalue weighted by Gasteiger charge is 2.03. The van der Waals surface area contributed by atoms with Crippen LogP contribution in [0.2, 0.25) is 0 Å². The van der Waals surface area contributed by atoms with Gasteiger partial charge in [-0.25, -0.2) is 4.39 Å². The summed E-state index contributed by atoms with van der Waals surface area (Å²) in [6.07, 6.45) is 0.506. The van der Waals surface area contributed by atoms with E-state index in [1.165, 1.54) is 12.1 Å². The van der Waals surface area contributed by atoms with E-state index >= 15 is 0 Å². The molecule has 0 bridgehead atoms. The van der Waals surface area contributed by atoms with Gasteiger partial charge in [0.2, 0.25) is 0 Å². The van der Waals surface area contributed by atoms with Crippen LogP contribution < -0.4 is 5.73 Å². The molecule has 0 amide bonds. The summed E-state index contributed by atoms with van der Waals surface area (Å²) >= 11 is 0. The molecule has 12 heavy (non-hydrogen) atoms. The van der Waals surface area contributed by atoms with E-state index in [1.807, 2.05) is 0 Å². The third-order valence-corrected chi connectivity index (χ3v) is 1.74. The fraction of sp³-hybridized carbons (Fsp3) is 0.333. The van der Waals surface area contributed by atoms with E-state index in [0.29, 0.717) is 6.42 Å². The largest absolute Gasteiger partial charge is 0.396 e. The quantitative estimate of drug-likeness (QED) is 0.714. The molecule has 0 aliphatic heterocycles. The zero-order chi connectivity index (χ0) is 8.97. The number of aliphatic hydroxyl groups excluding tert-OH is 1. The van der Waals surface area contributed by atoms with Crippen LogP contribution in [-0.4, -0.2) is 11.7 Å². The Balaban J connectivity index is 2.68. The van der Waals surface area contributed by atoms with Crippen molar-refractivity contribution in [3.05, 3.63) is 35.6 Å². The Kier molecular flexibility index (Phi) is 3.19. The maximum atomic E-state index is 12.4. The third kappa shape index (κ3) is 2.29. The fourth-order valence-electron chi connectivity index (χ4n) is 1.02. The van der Waals surface area contributed by atoms with Gasteiger partial charge in [0.1, 0.15) is 5.82 Å². The highest BCUT2D eigenvalue weighted by Crippen LogP contribution is 2.13. The minimum absolute atomic E-state index is 0.0541. The van der Waals surface area contributed by atoms with Crippen molar-refractivity contribution in [3.63, 3.8) is 0 Å². The molecule has 1 rings (SSSR count). The molecule has 1 atom stereocenters. The Morgan fingerprint density at radius 2 is 1.92 bits per heavy atom. The molecule has 0 heterocycles. The first-order chi connectivity index (χ1) is 5.74. The molecule has 3 N–H and O–H groups in total. The van der Waals surface area contributed by atoms with Gasteiger partial charge in [0.15, 0.2) is 0 Å². The molecule has 0 saturated carbocycles. The lowest BCUT2D eigenvalue weighted by atomic mass is 10.1. The number of rotatable bonds is 3. The second-order valence-electron chi connectivity index (χ2n) is 2.67. The van der Waals surface area contributed by atoms with Crippen molar-refractivity contribution in [2.24, 2.45) is 5.73 Å². The van der Waals surface area contributed by atoms with Crippen LogP contribution in [0.1, 0.15) is 18.0 Å². The average molecular weight is 169 g/mol. The molecule has 0 saturated heterocycles. The van der Waals surface area contributed by atoms with Gasteiger partial charge >= 0.3 is 0 Å². The molecular weight excluding hydrogens is 157 g/mol. The van der Waals surface area contributed by atoms with E-state index in [9.17, 15) is 4.39 Å². The molecule has 66 valence electrons. The number of benzene rings is 1. The molecule has 2 nitrogen and oxygen atoms in total. The van der Waals surface area contributed by atoms with Crippen LogP contribution in [0.5, 0.6) is 0 Å². The molecular formula is C9H12FNO. The molecule has 3 heteroatoms. The SMILES string of the molecule is N[C@H](CCO)c1ccc(F)cc1. The lowest BCUT2D eigenvalue weighted by Gasteiger charge is -2.09. The third-order valence-electron chi connectivity index (χ3n) is 1.74. The summed E-state index contributed by atoms with van der Waals surface area (Å²) in [4.78, 5) is 0. The van der Waals surface area contributed by atoms with Crippen molar-refractivity contribution in [2.75, 3.05) is 6.61 Å². The van der Waals surface area contributed by atoms with Crippen LogP contribution in [0, 0.1) is 5.82 Å². The van der Waals surface area contributed by atoms with Crippen LogP contribution in [-0.2, 0) is 0 Å². The van der Waals surface area contributed by atoms with Gasteiger partial charge in [0, 0.05) is 12.6 Å². The van der Waals surface area contributed by atoms with Gasteiger partial charge in [-0.3, -0.25) is 0 Å². The van der Waals surface area contributed by atoms with Gasteiger partial charge in [0.05, 0.1) is 0 Å². The van der Waals surface area contributed by atoms with E-state index in [-0.39, 0.29) is 18.5 Å². The Labute approximate surface area is 70.8 Å². The maximum Gasteiger partial charge on any atom is 0.123 e. The second kappa shape index (κ2) is 4.18. The maximum absolute atomic E-state index is 12.4. The van der Waals surface area contributed by atoms with Gasteiger partial charge in [-0.2, -0.15) is 0 Å². The van der Waals surface area contributed by atoms with Crippen molar-refractivity contribution in [2.45, 2.75) is 12.5 Å². The van der Waals surface area contributed by atoms with Crippen LogP contribution in [0.4, 0.5) is 4.39 Å². The minimum Gasteiger partial charge on any atom is -0.396 e. The Bertz CT molecular complexity index is 235. The zero-order valence-electron chi connectivity index (χ0n) is 6.70. The van der Waals surface area contributed by atoms with Crippen molar-refractivity contribution in [3.8, 4) is 0 Å². The van der Waals surface area contributed by atoms with E-state index in [2.05, 4.69) is 0 Å². The van der Waals surface area contributed by atoms with E-state index in [0.717, 1.165) is 5.56 Å². The predicted octanol–water partition coefficient (Wildman–Crippen LogP) is 1.21. The van der Waals surface area contributed by atoms with Crippen LogP contribution in [0.15, 0.2) is 24.3 Å². The van der Waals surface area contributed by atoms with Crippen molar-refractivity contribution < 1.29 is 9.50 Å². The number of hydrogen-bond acceptors (Lipinski definition) is 2. The topological polar surface area (TPSA) is 46.2 Å². The fourth-order valence-corrected chi connectivity index (χ4v) is 1.02. The molecule has 0 unspecified atom stereocenters. The summed E-state index contributed by atoms with van der Waals surface area (Å²) in [6, 6.07) is 5.81. The monoisotopic (exact) mass is 169 g/mol. The van der Waals surface area contributed by atoms with E-state index in [1.54, 1.807) is 12.1 Å². The lowest BCUT2D eigenvalue weighted by molar-refractivity contribution is 0.276. The van der Waals surface area contributed by atoms with Crippen molar-refractivity contribution in [1.82, 2.24) is 0 Å². The van der Waals surface area contributed by atoms with Crippen molar-refractivity contribution in [1.29, 1.82) is 0 Å². The Morgan fingerprint density at radius 1 is 1.33 bits per heavy atom. The molecule has 0 radical (unpaired) electrons. The highest BCUT2D eigenvalue weighted by molar-refractivity contribution is 5.19. The first kappa shape index (κ1) is 9.16. The molecule has 0 aliphatic rings. The lowest BCUT2D eigenvalue weighted by Crippen LogP contribution is -2.11. The van der Waals surface area contributed by atoms with Crippen molar-refractivity contribution >= 4 is 0 Å². The van der Waals surface area contributed by atoms with Gasteiger partial charge in [0.25, 0.3) is 0 Å². The standard InChI is InChI=1S/C9H12FNO/c10-8-3-1-7(2-4-8)9(11)5-6-12/h1-4,9,12H,5-6,11H2/t9-/m1/s1. The molecule has 1 aromatic carbocycles. The smallest absolute Gasteiger partial charge is 0.123 e. The average Bonchev–Trinajstić information content (AvgIpc) is 2.06. The van der Waals surface area contributed by atoms with Gasteiger partial charge in [-0.1, -0.05) is 12.1 Å². The van der Waals surface area contributed by atoms with Gasteiger partial charge < -0.3 is 10.8 Å². The summed E-state index contributed by atoms with van der Waals surface area (Å²) in [5.74, 6) is -0.269. The molecule has 1 aromatic rings. The first-order valence-corrected chi connectivity index (χ1v) is 3.86. The number of nitrogens with two attached hydrogens (primary N) is 1. The normalized spacial score (nSPS) is 12.9. The summed E-state index contributed by atoms with van der Waals surface area (Å²) in [7, 11) is 0. The Hall–Kier alpha value is -0.930. The molecule has 0 spiro atoms. The van der Waals surface area contributed by atoms with Gasteiger partial charge in [-0.05, 0) is 24.1 Å². The number of hydrogen-bond donors (Lipinski definition) is 2. The number of halogens is 1. The minimum atomic E-state index is -0.269. The van der Waals surface area contributed by atoms with E-state index < -0.39 is 0 Å². The summed E-state index contributed by atoms with van der Waals surface area (Å²) in [5.41, 5.74) is 6.53. The summed E-state index contributed by atoms with van der Waals surface area (Å²) < 4.78 is 12.4. The second-order valence-corrected chi connectivity index (χ2v) is 2.67. The number of aliphatic hydroxyl groups is 1.